The highest BCUT2D eigenvalue weighted by molar-refractivity contribution is 6.57. The van der Waals surface area contributed by atoms with Crippen LogP contribution in [0.3, 0.4) is 0 Å². The van der Waals surface area contributed by atoms with Gasteiger partial charge in [-0.15, -0.1) is 6.58 Å². The van der Waals surface area contributed by atoms with E-state index in [2.05, 4.69) is 199 Å². The summed E-state index contributed by atoms with van der Waals surface area (Å²) in [5.41, 5.74) is 16.4. The molecule has 0 saturated heterocycles. The highest BCUT2D eigenvalue weighted by atomic mass is 28.3. The summed E-state index contributed by atoms with van der Waals surface area (Å²) in [6.07, 6.45) is 52.7. The number of hydrogen-bond acceptors (Lipinski definition) is 4. The Bertz CT molecular complexity index is 3460. The standard InChI is InChI=1S/C75H79N2O3Si/c1-4-55-28-38-64(39-29-55)78-47-18-9-19-48-79-66-42-45-74-70(54-66)69-52-58(34-44-73(69)77(74)61-24-14-8-15-25-61)57-32-35-62(36-33-57)76(60-22-12-7-13-23-60)63-37-43-68-67-26-16-17-27-71(67)75(72(68)53-63,59-20-10-6-11-21-59)46-50-81(3)51-49-80-65-40-30-56(5-2)31-41-65/h4-6,8,10-12,14-17,20-30,32,35,38-43,45,52-54,56,63,67,71H,1-2,7,9,13,18-19,31,33-34,36-37,44,46-51H2,3H3. The number of aromatic nitrogens is 1. The van der Waals surface area contributed by atoms with Crippen LogP contribution in [0.25, 0.3) is 28.7 Å². The molecule has 1 radical (unpaired) electrons. The van der Waals surface area contributed by atoms with E-state index >= 15 is 0 Å². The molecule has 7 aliphatic carbocycles. The van der Waals surface area contributed by atoms with Crippen LogP contribution in [0.15, 0.2) is 247 Å². The first kappa shape index (κ1) is 54.1. The van der Waals surface area contributed by atoms with Gasteiger partial charge in [0, 0.05) is 59.8 Å². The van der Waals surface area contributed by atoms with Gasteiger partial charge in [-0.25, -0.2) is 0 Å². The molecule has 0 aliphatic heterocycles. The third-order valence-electron chi connectivity index (χ3n) is 18.1. The molecule has 1 aromatic heterocycles. The number of hydrogen-bond donors (Lipinski definition) is 0. The molecule has 5 unspecified atom stereocenters. The summed E-state index contributed by atoms with van der Waals surface area (Å²) in [7, 11) is -0.686. The first-order valence-corrected chi connectivity index (χ1v) is 32.6. The van der Waals surface area contributed by atoms with Gasteiger partial charge in [-0.05, 0) is 195 Å². The van der Waals surface area contributed by atoms with Crippen molar-refractivity contribution in [1.82, 2.24) is 9.47 Å². The molecule has 0 spiro atoms. The number of fused-ring (bicyclic) bond motifs is 6. The van der Waals surface area contributed by atoms with E-state index in [4.69, 9.17) is 14.2 Å². The minimum Gasteiger partial charge on any atom is -0.494 e. The van der Waals surface area contributed by atoms with Gasteiger partial charge in [0.1, 0.15) is 17.3 Å². The Labute approximate surface area is 484 Å². The second kappa shape index (κ2) is 25.1. The van der Waals surface area contributed by atoms with E-state index < -0.39 is 8.80 Å². The molecule has 0 bridgehead atoms. The van der Waals surface area contributed by atoms with Crippen molar-refractivity contribution in [2.45, 2.75) is 107 Å². The minimum atomic E-state index is -0.686. The second-order valence-electron chi connectivity index (χ2n) is 23.1. The van der Waals surface area contributed by atoms with Crippen molar-refractivity contribution in [2.75, 3.05) is 19.8 Å². The molecule has 4 aromatic carbocycles. The number of para-hydroxylation sites is 1. The maximum Gasteiger partial charge on any atom is 0.120 e. The molecule has 1 fully saturated rings. The van der Waals surface area contributed by atoms with E-state index in [1.807, 2.05) is 36.4 Å². The SMILES string of the molecule is C=Cc1ccc(OCCCCCOc2ccc3c(c2)c2c(n3-c3ccccc3)CCC(C3=CC=C(N(C4=CCCC=C4)C4C=C5C(=CC4)C4C=CC=CC4C5(CC[Si](C)CCOC4=CCC(C=C)C=C4)c4ccccc4)CC3)=C2)cc1. The number of ether oxygens (including phenoxy) is 3. The van der Waals surface area contributed by atoms with Gasteiger partial charge in [0.05, 0.1) is 31.4 Å². The molecule has 1 saturated carbocycles. The summed E-state index contributed by atoms with van der Waals surface area (Å²) in [4.78, 5) is 2.74. The van der Waals surface area contributed by atoms with Crippen LogP contribution in [0, 0.1) is 17.8 Å². The number of nitrogens with zero attached hydrogens (tertiary/aromatic N) is 2. The quantitative estimate of drug-likeness (QED) is 0.0371. The fourth-order valence-electron chi connectivity index (χ4n) is 13.9. The fraction of sp³-hybridized carbons (Fsp3) is 0.307. The Hall–Kier alpha value is -7.54. The van der Waals surface area contributed by atoms with Crippen LogP contribution in [-0.4, -0.2) is 44.1 Å². The van der Waals surface area contributed by atoms with Crippen LogP contribution in [-0.2, 0) is 16.6 Å². The molecule has 1 heterocycles. The van der Waals surface area contributed by atoms with Crippen molar-refractivity contribution in [3.63, 3.8) is 0 Å². The van der Waals surface area contributed by atoms with Crippen molar-refractivity contribution in [3.05, 3.63) is 269 Å². The maximum atomic E-state index is 6.49. The summed E-state index contributed by atoms with van der Waals surface area (Å²) >= 11 is 0. The average molecular weight is 1080 g/mol. The van der Waals surface area contributed by atoms with Crippen molar-refractivity contribution in [1.29, 1.82) is 0 Å². The fourth-order valence-corrected chi connectivity index (χ4v) is 15.4. The van der Waals surface area contributed by atoms with E-state index in [0.717, 1.165) is 113 Å². The monoisotopic (exact) mass is 1080 g/mol. The normalized spacial score (nSPS) is 22.5. The van der Waals surface area contributed by atoms with Gasteiger partial charge in [-0.1, -0.05) is 153 Å². The number of unbranched alkanes of at least 4 members (excludes halogenated alkanes) is 2. The van der Waals surface area contributed by atoms with Gasteiger partial charge in [-0.2, -0.15) is 0 Å². The lowest BCUT2D eigenvalue weighted by atomic mass is 9.65. The van der Waals surface area contributed by atoms with Crippen LogP contribution in [0.1, 0.15) is 93.0 Å². The van der Waals surface area contributed by atoms with E-state index in [9.17, 15) is 0 Å². The topological polar surface area (TPSA) is 35.9 Å². The van der Waals surface area contributed by atoms with Crippen molar-refractivity contribution in [2.24, 2.45) is 17.8 Å². The van der Waals surface area contributed by atoms with Crippen LogP contribution in [0.4, 0.5) is 0 Å². The lowest BCUT2D eigenvalue weighted by Crippen LogP contribution is -2.38. The molecule has 7 aliphatic rings. The number of allylic oxidation sites excluding steroid dienone is 18. The number of rotatable bonds is 23. The average Bonchev–Trinajstić information content (AvgIpc) is 3.90. The number of benzene rings is 4. The second-order valence-corrected chi connectivity index (χ2v) is 26.0. The molecule has 411 valence electrons. The van der Waals surface area contributed by atoms with Crippen molar-refractivity contribution < 1.29 is 14.2 Å². The third kappa shape index (κ3) is 11.6. The third-order valence-corrected chi connectivity index (χ3v) is 20.3. The van der Waals surface area contributed by atoms with Crippen LogP contribution in [0.2, 0.25) is 18.6 Å². The van der Waals surface area contributed by atoms with Gasteiger partial charge in [-0.3, -0.25) is 0 Å². The van der Waals surface area contributed by atoms with E-state index in [0.29, 0.717) is 31.0 Å². The van der Waals surface area contributed by atoms with Crippen molar-refractivity contribution >= 4 is 31.9 Å². The summed E-state index contributed by atoms with van der Waals surface area (Å²) in [6, 6.07) is 39.9. The highest BCUT2D eigenvalue weighted by Crippen LogP contribution is 2.61. The van der Waals surface area contributed by atoms with E-state index in [1.165, 1.54) is 62.0 Å². The predicted octanol–water partition coefficient (Wildman–Crippen LogP) is 18.5. The smallest absolute Gasteiger partial charge is 0.120 e. The predicted molar refractivity (Wildman–Crippen MR) is 340 cm³/mol. The van der Waals surface area contributed by atoms with Crippen LogP contribution in [0.5, 0.6) is 11.5 Å². The van der Waals surface area contributed by atoms with Gasteiger partial charge in [0.15, 0.2) is 0 Å². The van der Waals surface area contributed by atoms with Crippen LogP contribution >= 0.6 is 0 Å². The zero-order chi connectivity index (χ0) is 55.0. The Kier molecular flexibility index (Phi) is 16.7. The molecule has 0 amide bonds. The molecule has 5 atom stereocenters. The molecule has 6 heteroatoms. The van der Waals surface area contributed by atoms with E-state index in [1.54, 1.807) is 11.1 Å². The summed E-state index contributed by atoms with van der Waals surface area (Å²) in [5.74, 6) is 4.02. The maximum absolute atomic E-state index is 6.49. The van der Waals surface area contributed by atoms with Crippen molar-refractivity contribution in [3.8, 4) is 17.2 Å². The minimum absolute atomic E-state index is 0.117. The molecule has 81 heavy (non-hydrogen) atoms. The van der Waals surface area contributed by atoms with Gasteiger partial charge >= 0.3 is 0 Å². The Morgan fingerprint density at radius 2 is 1.51 bits per heavy atom. The highest BCUT2D eigenvalue weighted by Gasteiger charge is 2.54. The van der Waals surface area contributed by atoms with Gasteiger partial charge < -0.3 is 23.7 Å². The lowest BCUT2D eigenvalue weighted by molar-refractivity contribution is 0.238. The Morgan fingerprint density at radius 3 is 2.26 bits per heavy atom. The summed E-state index contributed by atoms with van der Waals surface area (Å²) in [5, 5.41) is 1.26. The summed E-state index contributed by atoms with van der Waals surface area (Å²) < 4.78 is 21.3. The molecular weight excluding hydrogens is 1000 g/mol. The molecule has 0 N–H and O–H groups in total. The zero-order valence-electron chi connectivity index (χ0n) is 47.5. The lowest BCUT2D eigenvalue weighted by Gasteiger charge is -2.42. The Balaban J connectivity index is 0.802. The first-order chi connectivity index (χ1) is 40.0. The Morgan fingerprint density at radius 1 is 0.716 bits per heavy atom. The molecule has 5 aromatic rings. The molecular formula is C75H79N2O3Si. The first-order valence-electron chi connectivity index (χ1n) is 30.2. The van der Waals surface area contributed by atoms with Gasteiger partial charge in [0.25, 0.3) is 0 Å². The van der Waals surface area contributed by atoms with E-state index in [-0.39, 0.29) is 11.5 Å². The van der Waals surface area contributed by atoms with Gasteiger partial charge in [0.2, 0.25) is 0 Å². The molecule has 5 nitrogen and oxygen atoms in total. The zero-order valence-corrected chi connectivity index (χ0v) is 48.5. The van der Waals surface area contributed by atoms with Crippen LogP contribution < -0.4 is 9.47 Å². The molecule has 12 rings (SSSR count). The largest absolute Gasteiger partial charge is 0.494 e. The summed E-state index contributed by atoms with van der Waals surface area (Å²) in [6.45, 7) is 12.5.